The number of carbonyl (C=O) groups is 1. The van der Waals surface area contributed by atoms with E-state index in [-0.39, 0.29) is 5.69 Å². The summed E-state index contributed by atoms with van der Waals surface area (Å²) in [6, 6.07) is 7.90. The summed E-state index contributed by atoms with van der Waals surface area (Å²) in [7, 11) is 1.33. The number of carbonyl (C=O) groups excluding carboxylic acids is 1. The second kappa shape index (κ2) is 5.00. The maximum absolute atomic E-state index is 11.4. The quantitative estimate of drug-likeness (QED) is 0.775. The van der Waals surface area contributed by atoms with E-state index in [1.165, 1.54) is 17.5 Å². The first-order chi connectivity index (χ1) is 8.65. The van der Waals surface area contributed by atoms with Crippen LogP contribution in [0.15, 0.2) is 24.3 Å². The molecule has 0 saturated heterocycles. The van der Waals surface area contributed by atoms with Crippen LogP contribution < -0.4 is 0 Å². The molecule has 0 atom stereocenters. The third kappa shape index (κ3) is 2.25. The molecule has 2 aromatic rings. The van der Waals surface area contributed by atoms with Crippen LogP contribution in [0.4, 0.5) is 0 Å². The molecule has 0 amide bonds. The van der Waals surface area contributed by atoms with Crippen LogP contribution >= 0.6 is 0 Å². The van der Waals surface area contributed by atoms with Crippen molar-refractivity contribution in [2.24, 2.45) is 0 Å². The largest absolute Gasteiger partial charge is 0.464 e. The zero-order valence-electron chi connectivity index (χ0n) is 10.7. The minimum atomic E-state index is -0.469. The first-order valence-corrected chi connectivity index (χ1v) is 5.77. The molecule has 0 aliphatic carbocycles. The third-order valence-corrected chi connectivity index (χ3v) is 2.74. The minimum absolute atomic E-state index is 0.247. The van der Waals surface area contributed by atoms with Crippen molar-refractivity contribution >= 4 is 5.97 Å². The molecule has 5 nitrogen and oxygen atoms in total. The topological polar surface area (TPSA) is 57.0 Å². The van der Waals surface area contributed by atoms with Gasteiger partial charge in [-0.25, -0.2) is 4.79 Å². The van der Waals surface area contributed by atoms with E-state index in [0.29, 0.717) is 5.69 Å². The smallest absolute Gasteiger partial charge is 0.360 e. The van der Waals surface area contributed by atoms with Crippen LogP contribution in [-0.2, 0) is 11.2 Å². The van der Waals surface area contributed by atoms with Gasteiger partial charge in [0.1, 0.15) is 0 Å². The van der Waals surface area contributed by atoms with Gasteiger partial charge < -0.3 is 4.74 Å². The average molecular weight is 245 g/mol. The highest BCUT2D eigenvalue weighted by molar-refractivity contribution is 5.88. The lowest BCUT2D eigenvalue weighted by Crippen LogP contribution is -2.05. The number of aryl methyl sites for hydroxylation is 2. The maximum Gasteiger partial charge on any atom is 0.360 e. The van der Waals surface area contributed by atoms with Crippen LogP contribution in [0, 0.1) is 6.92 Å². The molecule has 0 radical (unpaired) electrons. The SMILES string of the molecule is CCc1ccc(-n2nc(C)c(C(=O)OC)n2)cc1. The number of nitrogens with zero attached hydrogens (tertiary/aromatic N) is 3. The van der Waals surface area contributed by atoms with Crippen molar-refractivity contribution in [3.63, 3.8) is 0 Å². The molecule has 0 aliphatic rings. The Balaban J connectivity index is 2.36. The number of aromatic nitrogens is 3. The van der Waals surface area contributed by atoms with Gasteiger partial charge in [0.05, 0.1) is 18.5 Å². The Labute approximate surface area is 105 Å². The monoisotopic (exact) mass is 245 g/mol. The van der Waals surface area contributed by atoms with E-state index in [0.717, 1.165) is 12.1 Å². The Morgan fingerprint density at radius 1 is 1.28 bits per heavy atom. The molecule has 0 bridgehead atoms. The fraction of sp³-hybridized carbons (Fsp3) is 0.308. The molecule has 0 aliphatic heterocycles. The molecule has 2 rings (SSSR count). The van der Waals surface area contributed by atoms with Crippen LogP contribution in [0.1, 0.15) is 28.7 Å². The average Bonchev–Trinajstić information content (AvgIpc) is 2.80. The van der Waals surface area contributed by atoms with Crippen molar-refractivity contribution in [3.8, 4) is 5.69 Å². The molecular weight excluding hydrogens is 230 g/mol. The molecule has 0 N–H and O–H groups in total. The van der Waals surface area contributed by atoms with Crippen LogP contribution in [-0.4, -0.2) is 28.1 Å². The number of hydrogen-bond acceptors (Lipinski definition) is 4. The Morgan fingerprint density at radius 3 is 2.50 bits per heavy atom. The van der Waals surface area contributed by atoms with E-state index < -0.39 is 5.97 Å². The van der Waals surface area contributed by atoms with Crippen molar-refractivity contribution in [1.82, 2.24) is 15.0 Å². The highest BCUT2D eigenvalue weighted by Crippen LogP contribution is 2.11. The zero-order valence-corrected chi connectivity index (χ0v) is 10.7. The van der Waals surface area contributed by atoms with Crippen molar-refractivity contribution in [1.29, 1.82) is 0 Å². The number of ether oxygens (including phenoxy) is 1. The van der Waals surface area contributed by atoms with Gasteiger partial charge in [-0.15, -0.1) is 5.10 Å². The molecule has 0 saturated carbocycles. The number of rotatable bonds is 3. The summed E-state index contributed by atoms with van der Waals surface area (Å²) < 4.78 is 4.65. The number of benzene rings is 1. The highest BCUT2D eigenvalue weighted by Gasteiger charge is 2.16. The predicted octanol–water partition coefficient (Wildman–Crippen LogP) is 1.92. The Hall–Kier alpha value is -2.17. The molecule has 1 aromatic carbocycles. The fourth-order valence-electron chi connectivity index (χ4n) is 1.64. The van der Waals surface area contributed by atoms with Gasteiger partial charge >= 0.3 is 5.97 Å². The summed E-state index contributed by atoms with van der Waals surface area (Å²) in [6.07, 6.45) is 0.985. The predicted molar refractivity (Wildman–Crippen MR) is 66.8 cm³/mol. The van der Waals surface area contributed by atoms with Crippen molar-refractivity contribution in [2.75, 3.05) is 7.11 Å². The van der Waals surface area contributed by atoms with E-state index in [1.807, 2.05) is 24.3 Å². The molecule has 1 heterocycles. The lowest BCUT2D eigenvalue weighted by molar-refractivity contribution is 0.0592. The second-order valence-corrected chi connectivity index (χ2v) is 3.94. The van der Waals surface area contributed by atoms with E-state index >= 15 is 0 Å². The van der Waals surface area contributed by atoms with Gasteiger partial charge in [0.2, 0.25) is 0 Å². The lowest BCUT2D eigenvalue weighted by atomic mass is 10.2. The number of methoxy groups -OCH3 is 1. The van der Waals surface area contributed by atoms with Gasteiger partial charge in [-0.3, -0.25) is 0 Å². The van der Waals surface area contributed by atoms with Crippen molar-refractivity contribution < 1.29 is 9.53 Å². The van der Waals surface area contributed by atoms with Gasteiger partial charge in [0.15, 0.2) is 5.69 Å². The molecule has 94 valence electrons. The zero-order chi connectivity index (χ0) is 13.1. The van der Waals surface area contributed by atoms with Gasteiger partial charge in [0.25, 0.3) is 0 Å². The number of hydrogen-bond donors (Lipinski definition) is 0. The number of esters is 1. The minimum Gasteiger partial charge on any atom is -0.464 e. The lowest BCUT2D eigenvalue weighted by Gasteiger charge is -2.00. The maximum atomic E-state index is 11.4. The molecule has 5 heteroatoms. The molecule has 0 unspecified atom stereocenters. The first kappa shape index (κ1) is 12.3. The summed E-state index contributed by atoms with van der Waals surface area (Å²) in [5.41, 5.74) is 2.87. The van der Waals surface area contributed by atoms with Gasteiger partial charge in [0, 0.05) is 0 Å². The van der Waals surface area contributed by atoms with Gasteiger partial charge in [-0.1, -0.05) is 19.1 Å². The first-order valence-electron chi connectivity index (χ1n) is 5.77. The standard InChI is InChI=1S/C13H15N3O2/c1-4-10-5-7-11(8-6-10)16-14-9(2)12(15-16)13(17)18-3/h5-8H,4H2,1-3H3. The molecule has 18 heavy (non-hydrogen) atoms. The summed E-state index contributed by atoms with van der Waals surface area (Å²) in [4.78, 5) is 12.9. The third-order valence-electron chi connectivity index (χ3n) is 2.74. The van der Waals surface area contributed by atoms with Gasteiger partial charge in [-0.2, -0.15) is 9.90 Å². The molecule has 0 fully saturated rings. The van der Waals surface area contributed by atoms with Crippen molar-refractivity contribution in [2.45, 2.75) is 20.3 Å². The Morgan fingerprint density at radius 2 is 1.94 bits per heavy atom. The van der Waals surface area contributed by atoms with Crippen LogP contribution in [0.5, 0.6) is 0 Å². The van der Waals surface area contributed by atoms with E-state index in [1.54, 1.807) is 6.92 Å². The fourth-order valence-corrected chi connectivity index (χ4v) is 1.64. The Kier molecular flexibility index (Phi) is 3.41. The summed E-state index contributed by atoms with van der Waals surface area (Å²) in [5.74, 6) is -0.469. The van der Waals surface area contributed by atoms with E-state index in [2.05, 4.69) is 21.9 Å². The second-order valence-electron chi connectivity index (χ2n) is 3.94. The summed E-state index contributed by atoms with van der Waals surface area (Å²) >= 11 is 0. The van der Waals surface area contributed by atoms with E-state index in [4.69, 9.17) is 0 Å². The summed E-state index contributed by atoms with van der Waals surface area (Å²) in [5, 5.41) is 8.35. The Bertz CT molecular complexity index is 558. The van der Waals surface area contributed by atoms with Gasteiger partial charge in [-0.05, 0) is 31.0 Å². The van der Waals surface area contributed by atoms with Crippen LogP contribution in [0.25, 0.3) is 5.69 Å². The molecule has 0 spiro atoms. The molecule has 1 aromatic heterocycles. The van der Waals surface area contributed by atoms with Crippen molar-refractivity contribution in [3.05, 3.63) is 41.2 Å². The highest BCUT2D eigenvalue weighted by atomic mass is 16.5. The normalized spacial score (nSPS) is 10.4. The van der Waals surface area contributed by atoms with E-state index in [9.17, 15) is 4.79 Å². The van der Waals surface area contributed by atoms with Crippen LogP contribution in [0.2, 0.25) is 0 Å². The van der Waals surface area contributed by atoms with Crippen LogP contribution in [0.3, 0.4) is 0 Å². The summed E-state index contributed by atoms with van der Waals surface area (Å²) in [6.45, 7) is 3.83. The molecular formula is C13H15N3O2.